The number of ether oxygens (including phenoxy) is 1. The van der Waals surface area contributed by atoms with Gasteiger partial charge in [-0.3, -0.25) is 4.79 Å². The third kappa shape index (κ3) is 6.59. The van der Waals surface area contributed by atoms with Gasteiger partial charge in [0, 0.05) is 45.9 Å². The first-order valence-electron chi connectivity index (χ1n) is 12.0. The Kier molecular flexibility index (Phi) is 8.36. The molecular weight excluding hydrogens is 396 g/mol. The van der Waals surface area contributed by atoms with Gasteiger partial charge in [0.2, 0.25) is 5.91 Å². The Bertz CT molecular complexity index is 845. The van der Waals surface area contributed by atoms with Crippen LogP contribution in [-0.2, 0) is 16.1 Å². The Labute approximate surface area is 194 Å². The van der Waals surface area contributed by atoms with E-state index >= 15 is 0 Å². The predicted molar refractivity (Wildman–Crippen MR) is 133 cm³/mol. The predicted octanol–water partition coefficient (Wildman–Crippen LogP) is 5.87. The molecule has 0 spiro atoms. The zero-order valence-electron chi connectivity index (χ0n) is 20.5. The molecule has 3 rings (SSSR count). The third-order valence-corrected chi connectivity index (χ3v) is 6.72. The normalized spacial score (nSPS) is 18.7. The molecule has 4 heteroatoms. The first kappa shape index (κ1) is 24.3. The van der Waals surface area contributed by atoms with Crippen LogP contribution in [0.4, 0.5) is 5.69 Å². The lowest BCUT2D eigenvalue weighted by Crippen LogP contribution is -2.37. The molecule has 4 nitrogen and oxygen atoms in total. The van der Waals surface area contributed by atoms with Gasteiger partial charge >= 0.3 is 0 Å². The summed E-state index contributed by atoms with van der Waals surface area (Å²) in [4.78, 5) is 17.0. The van der Waals surface area contributed by atoms with Gasteiger partial charge in [0.15, 0.2) is 0 Å². The minimum absolute atomic E-state index is 0.0803. The monoisotopic (exact) mass is 436 g/mol. The number of rotatable bonds is 9. The van der Waals surface area contributed by atoms with Crippen molar-refractivity contribution in [2.45, 2.75) is 64.5 Å². The van der Waals surface area contributed by atoms with Crippen LogP contribution in [0.3, 0.4) is 0 Å². The molecule has 0 aliphatic carbocycles. The summed E-state index contributed by atoms with van der Waals surface area (Å²) in [5.41, 5.74) is 3.66. The second-order valence-corrected chi connectivity index (χ2v) is 9.90. The fourth-order valence-corrected chi connectivity index (χ4v) is 4.93. The van der Waals surface area contributed by atoms with E-state index in [0.29, 0.717) is 24.8 Å². The Morgan fingerprint density at radius 1 is 1.09 bits per heavy atom. The van der Waals surface area contributed by atoms with Gasteiger partial charge in [-0.05, 0) is 68.2 Å². The summed E-state index contributed by atoms with van der Waals surface area (Å²) in [5, 5.41) is 0. The fourth-order valence-electron chi connectivity index (χ4n) is 4.93. The van der Waals surface area contributed by atoms with E-state index in [1.807, 2.05) is 25.9 Å². The van der Waals surface area contributed by atoms with Gasteiger partial charge in [-0.2, -0.15) is 0 Å². The molecule has 0 radical (unpaired) electrons. The van der Waals surface area contributed by atoms with Gasteiger partial charge in [-0.15, -0.1) is 0 Å². The number of carbonyl (C=O) groups is 1. The van der Waals surface area contributed by atoms with Crippen LogP contribution in [0.5, 0.6) is 0 Å². The molecule has 0 bridgehead atoms. The molecule has 2 atom stereocenters. The number of anilines is 1. The zero-order chi connectivity index (χ0) is 23.1. The lowest BCUT2D eigenvalue weighted by atomic mass is 9.75. The smallest absolute Gasteiger partial charge is 0.222 e. The van der Waals surface area contributed by atoms with Gasteiger partial charge in [0.1, 0.15) is 0 Å². The average molecular weight is 437 g/mol. The summed E-state index contributed by atoms with van der Waals surface area (Å²) in [6.07, 6.45) is 3.65. The minimum Gasteiger partial charge on any atom is -0.378 e. The highest BCUT2D eigenvalue weighted by atomic mass is 16.5. The number of nitrogens with zero attached hydrogens (tertiary/aromatic N) is 2. The van der Waals surface area contributed by atoms with Crippen molar-refractivity contribution in [3.8, 4) is 0 Å². The van der Waals surface area contributed by atoms with E-state index in [0.717, 1.165) is 32.4 Å². The van der Waals surface area contributed by atoms with Crippen molar-refractivity contribution in [1.82, 2.24) is 4.90 Å². The van der Waals surface area contributed by atoms with Crippen LogP contribution >= 0.6 is 0 Å². The Morgan fingerprint density at radius 3 is 2.38 bits per heavy atom. The number of hydrogen-bond donors (Lipinski definition) is 0. The van der Waals surface area contributed by atoms with Crippen LogP contribution in [0.25, 0.3) is 0 Å². The second-order valence-electron chi connectivity index (χ2n) is 9.90. The highest BCUT2D eigenvalue weighted by Gasteiger charge is 2.34. The first-order valence-corrected chi connectivity index (χ1v) is 12.0. The van der Waals surface area contributed by atoms with E-state index in [1.54, 1.807) is 0 Å². The molecule has 1 amide bonds. The highest BCUT2D eigenvalue weighted by Crippen LogP contribution is 2.40. The van der Waals surface area contributed by atoms with Crippen LogP contribution in [0.1, 0.15) is 63.5 Å². The van der Waals surface area contributed by atoms with Gasteiger partial charge in [0.05, 0.1) is 5.60 Å². The maximum atomic E-state index is 12.8. The minimum atomic E-state index is -0.0803. The molecule has 1 saturated heterocycles. The van der Waals surface area contributed by atoms with E-state index in [9.17, 15) is 4.79 Å². The van der Waals surface area contributed by atoms with Crippen LogP contribution < -0.4 is 4.90 Å². The molecule has 32 heavy (non-hydrogen) atoms. The first-order chi connectivity index (χ1) is 15.3. The van der Waals surface area contributed by atoms with Crippen LogP contribution in [-0.4, -0.2) is 43.7 Å². The van der Waals surface area contributed by atoms with E-state index in [2.05, 4.69) is 73.3 Å². The molecule has 1 aliphatic rings. The van der Waals surface area contributed by atoms with E-state index in [4.69, 9.17) is 4.74 Å². The molecule has 2 aromatic carbocycles. The summed E-state index contributed by atoms with van der Waals surface area (Å²) in [5.74, 6) is 1.22. The van der Waals surface area contributed by atoms with Gasteiger partial charge in [0.25, 0.3) is 0 Å². The molecule has 1 heterocycles. The van der Waals surface area contributed by atoms with Crippen molar-refractivity contribution < 1.29 is 9.53 Å². The lowest BCUT2D eigenvalue weighted by Gasteiger charge is -2.40. The summed E-state index contributed by atoms with van der Waals surface area (Å²) in [6.45, 7) is 8.62. The molecule has 1 fully saturated rings. The molecule has 1 aliphatic heterocycles. The second kappa shape index (κ2) is 11.0. The lowest BCUT2D eigenvalue weighted by molar-refractivity contribution is -0.131. The zero-order valence-corrected chi connectivity index (χ0v) is 20.5. The molecule has 0 unspecified atom stereocenters. The molecule has 174 valence electrons. The maximum Gasteiger partial charge on any atom is 0.222 e. The third-order valence-electron chi connectivity index (χ3n) is 6.72. The van der Waals surface area contributed by atoms with E-state index < -0.39 is 0 Å². The maximum absolute atomic E-state index is 12.8. The Morgan fingerprint density at radius 2 is 1.78 bits per heavy atom. The molecule has 2 aromatic rings. The molecule has 0 saturated carbocycles. The van der Waals surface area contributed by atoms with Gasteiger partial charge < -0.3 is 14.5 Å². The van der Waals surface area contributed by atoms with Crippen molar-refractivity contribution in [2.75, 3.05) is 32.1 Å². The van der Waals surface area contributed by atoms with Crippen LogP contribution in [0, 0.1) is 5.92 Å². The Balaban J connectivity index is 1.75. The van der Waals surface area contributed by atoms with Crippen LogP contribution in [0.2, 0.25) is 0 Å². The molecule has 0 N–H and O–H groups in total. The highest BCUT2D eigenvalue weighted by molar-refractivity contribution is 5.75. The number of benzene rings is 2. The summed E-state index contributed by atoms with van der Waals surface area (Å²) in [6, 6.07) is 19.4. The van der Waals surface area contributed by atoms with Crippen molar-refractivity contribution in [1.29, 1.82) is 0 Å². The van der Waals surface area contributed by atoms with Crippen molar-refractivity contribution in [3.05, 3.63) is 65.7 Å². The van der Waals surface area contributed by atoms with E-state index in [-0.39, 0.29) is 11.5 Å². The van der Waals surface area contributed by atoms with Crippen molar-refractivity contribution in [2.24, 2.45) is 5.92 Å². The molecule has 0 aromatic heterocycles. The Hall–Kier alpha value is -2.33. The standard InChI is InChI=1S/C28H40N2O2/c1-6-27(31)30(21-22-12-14-25(15-13-22)29(4)5)18-16-26(23-10-8-7-9-11-23)24-17-19-32-28(2,3)20-24/h7-15,24,26H,6,16-21H2,1-5H3/t24-,26+/m0/s1. The van der Waals surface area contributed by atoms with Gasteiger partial charge in [-0.25, -0.2) is 0 Å². The number of carbonyl (C=O) groups excluding carboxylic acids is 1. The summed E-state index contributed by atoms with van der Waals surface area (Å²) in [7, 11) is 4.09. The fraction of sp³-hybridized carbons (Fsp3) is 0.536. The number of amides is 1. The van der Waals surface area contributed by atoms with Gasteiger partial charge in [-0.1, -0.05) is 49.4 Å². The molecular formula is C28H40N2O2. The van der Waals surface area contributed by atoms with Crippen molar-refractivity contribution in [3.63, 3.8) is 0 Å². The topological polar surface area (TPSA) is 32.8 Å². The largest absolute Gasteiger partial charge is 0.378 e. The average Bonchev–Trinajstić information content (AvgIpc) is 2.78. The van der Waals surface area contributed by atoms with E-state index in [1.165, 1.54) is 16.8 Å². The summed E-state index contributed by atoms with van der Waals surface area (Å²) >= 11 is 0. The van der Waals surface area contributed by atoms with Crippen LogP contribution in [0.15, 0.2) is 54.6 Å². The SMILES string of the molecule is CCC(=O)N(CC[C@H](c1ccccc1)[C@H]1CCOC(C)(C)C1)Cc1ccc(N(C)C)cc1. The summed E-state index contributed by atoms with van der Waals surface area (Å²) < 4.78 is 6.00. The van der Waals surface area contributed by atoms with Crippen molar-refractivity contribution >= 4 is 11.6 Å². The quantitative estimate of drug-likeness (QED) is 0.493. The number of hydrogen-bond acceptors (Lipinski definition) is 3.